The molecule has 2 rings (SSSR count). The molecule has 0 aromatic carbocycles. The van der Waals surface area contributed by atoms with Crippen LogP contribution in [0.5, 0.6) is 5.75 Å². The van der Waals surface area contributed by atoms with E-state index in [0.717, 1.165) is 19.3 Å². The van der Waals surface area contributed by atoms with Crippen molar-refractivity contribution in [3.05, 3.63) is 28.3 Å². The molecule has 0 bridgehead atoms. The second-order valence-corrected chi connectivity index (χ2v) is 6.97. The summed E-state index contributed by atoms with van der Waals surface area (Å²) in [6.45, 7) is 4.67. The number of hydrogen-bond donors (Lipinski definition) is 0. The zero-order valence-electron chi connectivity index (χ0n) is 14.7. The molecule has 134 valence electrons. The van der Waals surface area contributed by atoms with Gasteiger partial charge in [0.05, 0.1) is 6.61 Å². The van der Waals surface area contributed by atoms with Crippen molar-refractivity contribution in [2.75, 3.05) is 6.61 Å². The van der Waals surface area contributed by atoms with E-state index in [4.69, 9.17) is 13.9 Å². The van der Waals surface area contributed by atoms with Gasteiger partial charge in [-0.05, 0) is 31.1 Å². The zero-order chi connectivity index (χ0) is 17.4. The Morgan fingerprint density at radius 1 is 1.29 bits per heavy atom. The number of carbonyl (C=O) groups is 1. The normalized spacial score (nSPS) is 15.5. The maximum absolute atomic E-state index is 12.0. The van der Waals surface area contributed by atoms with Gasteiger partial charge in [0.25, 0.3) is 0 Å². The van der Waals surface area contributed by atoms with Crippen molar-refractivity contribution in [3.8, 4) is 5.75 Å². The van der Waals surface area contributed by atoms with Gasteiger partial charge in [-0.2, -0.15) is 0 Å². The summed E-state index contributed by atoms with van der Waals surface area (Å²) in [5, 5.41) is 0. The molecule has 1 aromatic heterocycles. The molecule has 0 atom stereocenters. The van der Waals surface area contributed by atoms with Gasteiger partial charge in [-0.15, -0.1) is 0 Å². The van der Waals surface area contributed by atoms with Crippen LogP contribution >= 0.6 is 0 Å². The summed E-state index contributed by atoms with van der Waals surface area (Å²) >= 11 is 0. The van der Waals surface area contributed by atoms with Crippen molar-refractivity contribution < 1.29 is 18.7 Å². The summed E-state index contributed by atoms with van der Waals surface area (Å²) < 4.78 is 16.0. The van der Waals surface area contributed by atoms with E-state index in [-0.39, 0.29) is 23.8 Å². The van der Waals surface area contributed by atoms with Crippen molar-refractivity contribution >= 4 is 5.97 Å². The van der Waals surface area contributed by atoms with Crippen LogP contribution in [0.3, 0.4) is 0 Å². The summed E-state index contributed by atoms with van der Waals surface area (Å²) in [6, 6.07) is 1.33. The number of esters is 1. The standard InChI is InChI=1S/C19H28O5/c1-14(2)8-9-22-18-13-23-16(11-17(18)20)12-24-19(21)10-15-6-4-3-5-7-15/h11,13-15H,3-10,12H2,1-2H3. The maximum atomic E-state index is 12.0. The molecule has 24 heavy (non-hydrogen) atoms. The van der Waals surface area contributed by atoms with Crippen LogP contribution in [-0.2, 0) is 16.1 Å². The third-order valence-electron chi connectivity index (χ3n) is 4.36. The smallest absolute Gasteiger partial charge is 0.306 e. The summed E-state index contributed by atoms with van der Waals surface area (Å²) in [5.41, 5.74) is -0.247. The molecule has 1 aliphatic carbocycles. The summed E-state index contributed by atoms with van der Waals surface area (Å²) in [5.74, 6) is 1.28. The molecule has 1 aliphatic rings. The van der Waals surface area contributed by atoms with E-state index in [0.29, 0.717) is 30.6 Å². The monoisotopic (exact) mass is 336 g/mol. The van der Waals surface area contributed by atoms with E-state index >= 15 is 0 Å². The Bertz CT molecular complexity index is 569. The minimum Gasteiger partial charge on any atom is -0.487 e. The predicted octanol–water partition coefficient (Wildman–Crippen LogP) is 4.08. The van der Waals surface area contributed by atoms with E-state index in [1.807, 2.05) is 0 Å². The molecule has 5 heteroatoms. The number of carbonyl (C=O) groups excluding carboxylic acids is 1. The van der Waals surface area contributed by atoms with Gasteiger partial charge in [-0.25, -0.2) is 0 Å². The summed E-state index contributed by atoms with van der Waals surface area (Å²) in [6.07, 6.45) is 8.51. The maximum Gasteiger partial charge on any atom is 0.306 e. The fraction of sp³-hybridized carbons (Fsp3) is 0.684. The quantitative estimate of drug-likeness (QED) is 0.669. The molecule has 5 nitrogen and oxygen atoms in total. The van der Waals surface area contributed by atoms with Crippen LogP contribution < -0.4 is 10.2 Å². The van der Waals surface area contributed by atoms with Crippen LogP contribution in [0.4, 0.5) is 0 Å². The van der Waals surface area contributed by atoms with Gasteiger partial charge in [0.1, 0.15) is 18.6 Å². The first-order chi connectivity index (χ1) is 11.5. The SMILES string of the molecule is CC(C)CCOc1coc(COC(=O)CC2CCCCC2)cc1=O. The Morgan fingerprint density at radius 2 is 2.04 bits per heavy atom. The molecule has 0 saturated heterocycles. The minimum absolute atomic E-state index is 0.00688. The number of hydrogen-bond acceptors (Lipinski definition) is 5. The van der Waals surface area contributed by atoms with Crippen LogP contribution in [0.25, 0.3) is 0 Å². The van der Waals surface area contributed by atoms with Gasteiger partial charge in [-0.3, -0.25) is 9.59 Å². The highest BCUT2D eigenvalue weighted by Crippen LogP contribution is 2.26. The van der Waals surface area contributed by atoms with E-state index in [1.54, 1.807) is 0 Å². The van der Waals surface area contributed by atoms with Crippen molar-refractivity contribution in [2.45, 2.75) is 65.4 Å². The van der Waals surface area contributed by atoms with Crippen LogP contribution in [-0.4, -0.2) is 12.6 Å². The lowest BCUT2D eigenvalue weighted by atomic mass is 9.87. The van der Waals surface area contributed by atoms with Gasteiger partial charge in [0, 0.05) is 12.5 Å². The Morgan fingerprint density at radius 3 is 2.71 bits per heavy atom. The van der Waals surface area contributed by atoms with Gasteiger partial charge in [-0.1, -0.05) is 33.1 Å². The van der Waals surface area contributed by atoms with E-state index < -0.39 is 0 Å². The highest BCUT2D eigenvalue weighted by Gasteiger charge is 2.18. The van der Waals surface area contributed by atoms with E-state index in [1.165, 1.54) is 31.6 Å². The van der Waals surface area contributed by atoms with Crippen molar-refractivity contribution in [2.24, 2.45) is 11.8 Å². The van der Waals surface area contributed by atoms with Crippen molar-refractivity contribution in [1.29, 1.82) is 0 Å². The molecule has 0 spiro atoms. The summed E-state index contributed by atoms with van der Waals surface area (Å²) in [4.78, 5) is 23.8. The van der Waals surface area contributed by atoms with Crippen LogP contribution in [0.15, 0.2) is 21.5 Å². The first-order valence-corrected chi connectivity index (χ1v) is 8.94. The van der Waals surface area contributed by atoms with Gasteiger partial charge in [0.15, 0.2) is 0 Å². The second kappa shape index (κ2) is 9.50. The lowest BCUT2D eigenvalue weighted by molar-refractivity contribution is -0.146. The Balaban J connectivity index is 1.77. The molecule has 1 heterocycles. The first kappa shape index (κ1) is 18.6. The molecule has 0 amide bonds. The number of ether oxygens (including phenoxy) is 2. The zero-order valence-corrected chi connectivity index (χ0v) is 14.7. The average Bonchev–Trinajstić information content (AvgIpc) is 2.55. The first-order valence-electron chi connectivity index (χ1n) is 8.94. The van der Waals surface area contributed by atoms with Crippen molar-refractivity contribution in [1.82, 2.24) is 0 Å². The highest BCUT2D eigenvalue weighted by atomic mass is 16.5. The lowest BCUT2D eigenvalue weighted by Gasteiger charge is -2.20. The topological polar surface area (TPSA) is 65.7 Å². The van der Waals surface area contributed by atoms with E-state index in [2.05, 4.69) is 13.8 Å². The van der Waals surface area contributed by atoms with Crippen molar-refractivity contribution in [3.63, 3.8) is 0 Å². The Kier molecular flexibility index (Phi) is 7.35. The Labute approximate surface area is 143 Å². The van der Waals surface area contributed by atoms with Crippen LogP contribution in [0, 0.1) is 11.8 Å². The predicted molar refractivity (Wildman–Crippen MR) is 90.9 cm³/mol. The number of rotatable bonds is 8. The minimum atomic E-state index is -0.247. The van der Waals surface area contributed by atoms with Gasteiger partial charge >= 0.3 is 5.97 Å². The Hall–Kier alpha value is -1.78. The molecule has 0 N–H and O–H groups in total. The molecular formula is C19H28O5. The third-order valence-corrected chi connectivity index (χ3v) is 4.36. The summed E-state index contributed by atoms with van der Waals surface area (Å²) in [7, 11) is 0. The molecule has 0 radical (unpaired) electrons. The molecule has 1 aromatic rings. The fourth-order valence-corrected chi connectivity index (χ4v) is 2.86. The largest absolute Gasteiger partial charge is 0.487 e. The highest BCUT2D eigenvalue weighted by molar-refractivity contribution is 5.69. The molecule has 0 aliphatic heterocycles. The van der Waals surface area contributed by atoms with Crippen LogP contribution in [0.2, 0.25) is 0 Å². The van der Waals surface area contributed by atoms with Gasteiger partial charge in [0.2, 0.25) is 11.2 Å². The third kappa shape index (κ3) is 6.38. The van der Waals surface area contributed by atoms with Crippen LogP contribution in [0.1, 0.15) is 64.6 Å². The lowest BCUT2D eigenvalue weighted by Crippen LogP contribution is -2.15. The molecule has 0 unspecified atom stereocenters. The molecule has 1 saturated carbocycles. The van der Waals surface area contributed by atoms with E-state index in [9.17, 15) is 9.59 Å². The fourth-order valence-electron chi connectivity index (χ4n) is 2.86. The average molecular weight is 336 g/mol. The molecule has 1 fully saturated rings. The van der Waals surface area contributed by atoms with Gasteiger partial charge < -0.3 is 13.9 Å². The molecular weight excluding hydrogens is 308 g/mol. The second-order valence-electron chi connectivity index (χ2n) is 6.97.